The molecule has 7 heteroatoms. The Hall–Kier alpha value is -1.18. The summed E-state index contributed by atoms with van der Waals surface area (Å²) in [5.41, 5.74) is 0. The van der Waals surface area contributed by atoms with Crippen LogP contribution in [0.25, 0.3) is 0 Å². The smallest absolute Gasteiger partial charge is 0.323 e. The molecule has 3 amide bonds. The van der Waals surface area contributed by atoms with Gasteiger partial charge in [0, 0.05) is 45.8 Å². The first kappa shape index (κ1) is 19.1. The molecule has 2 aliphatic heterocycles. The highest BCUT2D eigenvalue weighted by molar-refractivity contribution is 5.84. The number of urea groups is 1. The van der Waals surface area contributed by atoms with E-state index in [1.165, 1.54) is 30.8 Å². The maximum atomic E-state index is 12.1. The van der Waals surface area contributed by atoms with Crippen molar-refractivity contribution in [1.82, 2.24) is 24.9 Å². The predicted molar refractivity (Wildman–Crippen MR) is 95.0 cm³/mol. The number of carbonyl (C=O) groups excluding carboxylic acids is 2. The second kappa shape index (κ2) is 10.6. The Balaban J connectivity index is 1.54. The number of likely N-dealkylation sites (tertiary alicyclic amines) is 1. The summed E-state index contributed by atoms with van der Waals surface area (Å²) in [6.07, 6.45) is 5.35. The first-order valence-electron chi connectivity index (χ1n) is 9.32. The summed E-state index contributed by atoms with van der Waals surface area (Å²) >= 11 is 0. The number of nitrogens with zero attached hydrogens (tertiary/aromatic N) is 4. The number of hydrogen-bond acceptors (Lipinski definition) is 5. The number of imide groups is 1. The molecular weight excluding hydrogens is 306 g/mol. The number of unbranched alkanes of at least 4 members (excludes halogenated alkanes) is 1. The van der Waals surface area contributed by atoms with Crippen molar-refractivity contribution in [3.8, 4) is 0 Å². The number of rotatable bonds is 9. The highest BCUT2D eigenvalue weighted by atomic mass is 16.2. The van der Waals surface area contributed by atoms with Gasteiger partial charge < -0.3 is 15.1 Å². The highest BCUT2D eigenvalue weighted by Gasteiger charge is 2.17. The number of amides is 3. The van der Waals surface area contributed by atoms with E-state index in [4.69, 9.17) is 0 Å². The van der Waals surface area contributed by atoms with E-state index in [0.717, 1.165) is 52.1 Å². The lowest BCUT2D eigenvalue weighted by atomic mass is 10.3. The van der Waals surface area contributed by atoms with Crippen LogP contribution in [-0.2, 0) is 4.79 Å². The van der Waals surface area contributed by atoms with E-state index in [1.54, 1.807) is 0 Å². The zero-order valence-corrected chi connectivity index (χ0v) is 15.1. The topological polar surface area (TPSA) is 59.1 Å². The summed E-state index contributed by atoms with van der Waals surface area (Å²) in [6, 6.07) is -0.264. The van der Waals surface area contributed by atoms with Gasteiger partial charge in [-0.15, -0.1) is 0 Å². The molecule has 0 unspecified atom stereocenters. The second-order valence-corrected chi connectivity index (χ2v) is 6.93. The Bertz CT molecular complexity index is 379. The van der Waals surface area contributed by atoms with Gasteiger partial charge in [-0.1, -0.05) is 0 Å². The predicted octanol–water partition coefficient (Wildman–Crippen LogP) is 0.278. The molecule has 0 radical (unpaired) electrons. The van der Waals surface area contributed by atoms with Crippen molar-refractivity contribution in [1.29, 1.82) is 0 Å². The van der Waals surface area contributed by atoms with Crippen LogP contribution in [0.5, 0.6) is 0 Å². The molecule has 0 aromatic carbocycles. The van der Waals surface area contributed by atoms with E-state index in [1.807, 2.05) is 0 Å². The average molecular weight is 339 g/mol. The van der Waals surface area contributed by atoms with Crippen molar-refractivity contribution in [3.05, 3.63) is 0 Å². The third kappa shape index (κ3) is 6.75. The largest absolute Gasteiger partial charge is 0.338 e. The summed E-state index contributed by atoms with van der Waals surface area (Å²) in [6.45, 7) is 9.52. The molecule has 24 heavy (non-hydrogen) atoms. The third-order valence-electron chi connectivity index (χ3n) is 5.02. The van der Waals surface area contributed by atoms with Crippen LogP contribution < -0.4 is 5.32 Å². The van der Waals surface area contributed by atoms with Gasteiger partial charge in [-0.25, -0.2) is 4.79 Å². The minimum absolute atomic E-state index is 0.264. The molecule has 0 atom stereocenters. The van der Waals surface area contributed by atoms with Crippen LogP contribution in [-0.4, -0.2) is 105 Å². The molecule has 2 heterocycles. The maximum Gasteiger partial charge on any atom is 0.323 e. The van der Waals surface area contributed by atoms with Crippen molar-refractivity contribution in [3.63, 3.8) is 0 Å². The van der Waals surface area contributed by atoms with E-state index in [0.29, 0.717) is 19.5 Å². The van der Waals surface area contributed by atoms with Gasteiger partial charge in [0.1, 0.15) is 0 Å². The maximum absolute atomic E-state index is 12.1. The number of hydrogen-bond donors (Lipinski definition) is 1. The molecule has 1 N–H and O–H groups in total. The summed E-state index contributed by atoms with van der Waals surface area (Å²) in [7, 11) is 2.12. The molecule has 2 saturated heterocycles. The molecule has 0 saturated carbocycles. The average Bonchev–Trinajstić information content (AvgIpc) is 3.10. The molecule has 0 spiro atoms. The number of nitrogens with one attached hydrogen (secondary N) is 1. The zero-order chi connectivity index (χ0) is 17.2. The lowest BCUT2D eigenvalue weighted by Gasteiger charge is -2.33. The van der Waals surface area contributed by atoms with Crippen molar-refractivity contribution in [2.24, 2.45) is 0 Å². The van der Waals surface area contributed by atoms with Crippen LogP contribution in [0.2, 0.25) is 0 Å². The van der Waals surface area contributed by atoms with Crippen LogP contribution in [0, 0.1) is 0 Å². The van der Waals surface area contributed by atoms with E-state index in [2.05, 4.69) is 27.1 Å². The number of piperazine rings is 1. The summed E-state index contributed by atoms with van der Waals surface area (Å²) in [4.78, 5) is 31.6. The van der Waals surface area contributed by atoms with Gasteiger partial charge in [0.05, 0.1) is 0 Å². The van der Waals surface area contributed by atoms with E-state index in [-0.39, 0.29) is 6.03 Å². The van der Waals surface area contributed by atoms with Gasteiger partial charge in [-0.3, -0.25) is 14.6 Å². The molecule has 0 bridgehead atoms. The van der Waals surface area contributed by atoms with Crippen molar-refractivity contribution >= 4 is 12.4 Å². The van der Waals surface area contributed by atoms with Crippen LogP contribution >= 0.6 is 0 Å². The standard InChI is InChI=1S/C17H33N5O2/c1-19-10-12-21(13-11-19)14-15-22(16-23)17(24)18-6-2-3-7-20-8-4-5-9-20/h16H,2-15H2,1H3,(H,18,24). The van der Waals surface area contributed by atoms with Crippen LogP contribution in [0.3, 0.4) is 0 Å². The van der Waals surface area contributed by atoms with Gasteiger partial charge in [0.25, 0.3) is 0 Å². The summed E-state index contributed by atoms with van der Waals surface area (Å²) in [5, 5.41) is 2.86. The number of likely N-dealkylation sites (N-methyl/N-ethyl adjacent to an activating group) is 1. The second-order valence-electron chi connectivity index (χ2n) is 6.93. The SMILES string of the molecule is CN1CCN(CCN(C=O)C(=O)NCCCCN2CCCC2)CC1. The molecule has 2 aliphatic rings. The molecule has 2 rings (SSSR count). The van der Waals surface area contributed by atoms with Crippen LogP contribution in [0.15, 0.2) is 0 Å². The van der Waals surface area contributed by atoms with Crippen molar-refractivity contribution in [2.75, 3.05) is 72.5 Å². The zero-order valence-electron chi connectivity index (χ0n) is 15.1. The Labute approximate surface area is 145 Å². The normalized spacial score (nSPS) is 20.2. The van der Waals surface area contributed by atoms with Crippen LogP contribution in [0.4, 0.5) is 4.79 Å². The fraction of sp³-hybridized carbons (Fsp3) is 0.882. The molecule has 7 nitrogen and oxygen atoms in total. The molecular formula is C17H33N5O2. The van der Waals surface area contributed by atoms with Crippen molar-refractivity contribution < 1.29 is 9.59 Å². The van der Waals surface area contributed by atoms with Gasteiger partial charge in [-0.2, -0.15) is 0 Å². The minimum atomic E-state index is -0.264. The Morgan fingerprint density at radius 3 is 2.33 bits per heavy atom. The molecule has 0 aromatic rings. The van der Waals surface area contributed by atoms with E-state index < -0.39 is 0 Å². The van der Waals surface area contributed by atoms with Gasteiger partial charge in [0.2, 0.25) is 6.41 Å². The third-order valence-corrected chi connectivity index (χ3v) is 5.02. The summed E-state index contributed by atoms with van der Waals surface area (Å²) < 4.78 is 0. The van der Waals surface area contributed by atoms with Gasteiger partial charge in [0.15, 0.2) is 0 Å². The minimum Gasteiger partial charge on any atom is -0.338 e. The number of carbonyl (C=O) groups is 2. The first-order valence-corrected chi connectivity index (χ1v) is 9.32. The lowest BCUT2D eigenvalue weighted by molar-refractivity contribution is -0.115. The fourth-order valence-corrected chi connectivity index (χ4v) is 3.29. The quantitative estimate of drug-likeness (QED) is 0.483. The van der Waals surface area contributed by atoms with E-state index in [9.17, 15) is 9.59 Å². The Morgan fingerprint density at radius 1 is 1.00 bits per heavy atom. The fourth-order valence-electron chi connectivity index (χ4n) is 3.29. The molecule has 138 valence electrons. The molecule has 0 aliphatic carbocycles. The Kier molecular flexibility index (Phi) is 8.49. The first-order chi connectivity index (χ1) is 11.7. The monoisotopic (exact) mass is 339 g/mol. The Morgan fingerprint density at radius 2 is 1.67 bits per heavy atom. The van der Waals surface area contributed by atoms with Gasteiger partial charge >= 0.3 is 6.03 Å². The molecule has 0 aromatic heterocycles. The van der Waals surface area contributed by atoms with Gasteiger partial charge in [-0.05, 0) is 52.4 Å². The lowest BCUT2D eigenvalue weighted by Crippen LogP contribution is -2.48. The van der Waals surface area contributed by atoms with Crippen LogP contribution in [0.1, 0.15) is 25.7 Å². The van der Waals surface area contributed by atoms with Crippen molar-refractivity contribution in [2.45, 2.75) is 25.7 Å². The summed E-state index contributed by atoms with van der Waals surface area (Å²) in [5.74, 6) is 0. The highest BCUT2D eigenvalue weighted by Crippen LogP contribution is 2.08. The van der Waals surface area contributed by atoms with E-state index >= 15 is 0 Å². The molecule has 2 fully saturated rings.